The van der Waals surface area contributed by atoms with Crippen molar-refractivity contribution in [1.82, 2.24) is 14.6 Å². The Hall–Kier alpha value is -1.63. The summed E-state index contributed by atoms with van der Waals surface area (Å²) in [7, 11) is 0. The zero-order valence-corrected chi connectivity index (χ0v) is 14.7. The van der Waals surface area contributed by atoms with E-state index >= 15 is 0 Å². The minimum atomic E-state index is -0.325. The lowest BCUT2D eigenvalue weighted by Gasteiger charge is -2.30. The molecule has 0 bridgehead atoms. The Morgan fingerprint density at radius 2 is 1.96 bits per heavy atom. The van der Waals surface area contributed by atoms with Gasteiger partial charge in [-0.2, -0.15) is 0 Å². The molecule has 0 atom stereocenters. The van der Waals surface area contributed by atoms with E-state index in [2.05, 4.69) is 29.2 Å². The van der Waals surface area contributed by atoms with Gasteiger partial charge in [0.1, 0.15) is 0 Å². The number of fused-ring (bicyclic) bond motifs is 1. The van der Waals surface area contributed by atoms with Crippen molar-refractivity contribution < 1.29 is 5.11 Å². The first-order valence-corrected chi connectivity index (χ1v) is 8.80. The smallest absolute Gasteiger partial charge is 0.214 e. The van der Waals surface area contributed by atoms with E-state index in [1.54, 1.807) is 4.52 Å². The number of imidazole rings is 1. The van der Waals surface area contributed by atoms with E-state index in [-0.39, 0.29) is 12.1 Å². The molecule has 0 fully saturated rings. The van der Waals surface area contributed by atoms with Gasteiger partial charge in [-0.25, -0.2) is 9.50 Å². The summed E-state index contributed by atoms with van der Waals surface area (Å²) in [6.45, 7) is 4.20. The summed E-state index contributed by atoms with van der Waals surface area (Å²) in [6, 6.07) is 7.59. The number of benzene rings is 1. The van der Waals surface area contributed by atoms with Crippen LogP contribution in [-0.2, 0) is 0 Å². The van der Waals surface area contributed by atoms with Crippen LogP contribution in [0.2, 0.25) is 5.02 Å². The fourth-order valence-corrected chi connectivity index (χ4v) is 3.45. The molecule has 3 aromatic rings. The molecule has 0 aliphatic heterocycles. The van der Waals surface area contributed by atoms with Gasteiger partial charge in [-0.1, -0.05) is 48.9 Å². The van der Waals surface area contributed by atoms with Crippen LogP contribution < -0.4 is 5.32 Å². The highest BCUT2D eigenvalue weighted by molar-refractivity contribution is 7.20. The van der Waals surface area contributed by atoms with Crippen molar-refractivity contribution in [2.24, 2.45) is 0 Å². The minimum Gasteiger partial charge on any atom is -0.394 e. The van der Waals surface area contributed by atoms with Gasteiger partial charge in [0.05, 0.1) is 24.0 Å². The average Bonchev–Trinajstić information content (AvgIpc) is 3.12. The normalized spacial score (nSPS) is 12.0. The Kier molecular flexibility index (Phi) is 4.57. The molecule has 0 saturated carbocycles. The van der Waals surface area contributed by atoms with Gasteiger partial charge >= 0.3 is 0 Å². The van der Waals surface area contributed by atoms with Crippen LogP contribution in [0.4, 0.5) is 5.13 Å². The average molecular weight is 351 g/mol. The zero-order valence-electron chi connectivity index (χ0n) is 13.1. The maximum Gasteiger partial charge on any atom is 0.214 e. The first-order valence-electron chi connectivity index (χ1n) is 7.60. The van der Waals surface area contributed by atoms with Crippen LogP contribution in [0.3, 0.4) is 0 Å². The predicted octanol–water partition coefficient (Wildman–Crippen LogP) is 4.07. The van der Waals surface area contributed by atoms with Crippen molar-refractivity contribution in [1.29, 1.82) is 0 Å². The molecule has 1 aromatic carbocycles. The standard InChI is InChI=1S/C16H19ClN4OS/c1-3-16(4-2,10-22)19-14-20-21-9-13(18-15(21)23-14)11-5-7-12(17)8-6-11/h5-9,22H,3-4,10H2,1-2H3,(H,19,20). The van der Waals surface area contributed by atoms with Crippen LogP contribution in [0.25, 0.3) is 16.2 Å². The summed E-state index contributed by atoms with van der Waals surface area (Å²) in [5.74, 6) is 0. The van der Waals surface area contributed by atoms with E-state index < -0.39 is 0 Å². The number of aromatic nitrogens is 3. The van der Waals surface area contributed by atoms with Crippen molar-refractivity contribution in [3.8, 4) is 11.3 Å². The molecule has 0 radical (unpaired) electrons. The molecule has 7 heteroatoms. The van der Waals surface area contributed by atoms with Gasteiger partial charge in [-0.05, 0) is 25.0 Å². The molecule has 122 valence electrons. The topological polar surface area (TPSA) is 62.5 Å². The van der Waals surface area contributed by atoms with Gasteiger partial charge < -0.3 is 10.4 Å². The van der Waals surface area contributed by atoms with E-state index in [4.69, 9.17) is 11.6 Å². The van der Waals surface area contributed by atoms with Crippen LogP contribution in [0.1, 0.15) is 26.7 Å². The highest BCUT2D eigenvalue weighted by Gasteiger charge is 2.26. The number of nitrogens with zero attached hydrogens (tertiary/aromatic N) is 3. The number of rotatable bonds is 6. The van der Waals surface area contributed by atoms with Crippen molar-refractivity contribution in [3.05, 3.63) is 35.5 Å². The fraction of sp³-hybridized carbons (Fsp3) is 0.375. The lowest BCUT2D eigenvalue weighted by atomic mass is 9.94. The number of aliphatic hydroxyl groups excluding tert-OH is 1. The Bertz CT molecular complexity index is 752. The molecule has 23 heavy (non-hydrogen) atoms. The molecule has 5 nitrogen and oxygen atoms in total. The summed E-state index contributed by atoms with van der Waals surface area (Å²) in [5.41, 5.74) is 1.55. The second-order valence-corrected chi connectivity index (χ2v) is 6.93. The molecule has 0 unspecified atom stereocenters. The van der Waals surface area contributed by atoms with Crippen molar-refractivity contribution >= 4 is 33.0 Å². The highest BCUT2D eigenvalue weighted by atomic mass is 35.5. The zero-order chi connectivity index (χ0) is 16.4. The monoisotopic (exact) mass is 350 g/mol. The molecule has 0 saturated heterocycles. The Morgan fingerprint density at radius 1 is 1.26 bits per heavy atom. The summed E-state index contributed by atoms with van der Waals surface area (Å²) < 4.78 is 1.77. The Balaban J connectivity index is 1.87. The molecule has 0 spiro atoms. The largest absolute Gasteiger partial charge is 0.394 e. The van der Waals surface area contributed by atoms with Crippen LogP contribution in [0.15, 0.2) is 30.5 Å². The van der Waals surface area contributed by atoms with Gasteiger partial charge in [-0.3, -0.25) is 0 Å². The number of hydrogen-bond acceptors (Lipinski definition) is 5. The Labute approximate surface area is 143 Å². The molecule has 2 N–H and O–H groups in total. The van der Waals surface area contributed by atoms with Crippen molar-refractivity contribution in [2.45, 2.75) is 32.2 Å². The molecule has 2 heterocycles. The van der Waals surface area contributed by atoms with Gasteiger partial charge in [-0.15, -0.1) is 5.10 Å². The van der Waals surface area contributed by atoms with E-state index in [1.165, 1.54) is 11.3 Å². The number of aliphatic hydroxyl groups is 1. The fourth-order valence-electron chi connectivity index (χ4n) is 2.43. The summed E-state index contributed by atoms with van der Waals surface area (Å²) >= 11 is 7.40. The van der Waals surface area contributed by atoms with Gasteiger partial charge in [0, 0.05) is 10.6 Å². The second-order valence-electron chi connectivity index (χ2n) is 5.54. The third-order valence-electron chi connectivity index (χ3n) is 4.21. The molecular formula is C16H19ClN4OS. The van der Waals surface area contributed by atoms with Crippen LogP contribution in [0, 0.1) is 0 Å². The van der Waals surface area contributed by atoms with E-state index in [9.17, 15) is 5.11 Å². The van der Waals surface area contributed by atoms with Crippen LogP contribution in [0.5, 0.6) is 0 Å². The second kappa shape index (κ2) is 6.47. The first kappa shape index (κ1) is 16.2. The lowest BCUT2D eigenvalue weighted by Crippen LogP contribution is -2.40. The lowest BCUT2D eigenvalue weighted by molar-refractivity contribution is 0.202. The summed E-state index contributed by atoms with van der Waals surface area (Å²) in [5, 5.41) is 19.0. The molecule has 3 rings (SSSR count). The molecule has 0 aliphatic carbocycles. The van der Waals surface area contributed by atoms with Gasteiger partial charge in [0.2, 0.25) is 10.1 Å². The third kappa shape index (κ3) is 3.20. The number of halogens is 1. The quantitative estimate of drug-likeness (QED) is 0.703. The minimum absolute atomic E-state index is 0.0813. The molecule has 0 aliphatic rings. The van der Waals surface area contributed by atoms with Crippen LogP contribution in [-0.4, -0.2) is 31.9 Å². The predicted molar refractivity (Wildman–Crippen MR) is 95.3 cm³/mol. The van der Waals surface area contributed by atoms with E-state index in [0.717, 1.165) is 34.2 Å². The first-order chi connectivity index (χ1) is 11.1. The number of hydrogen-bond donors (Lipinski definition) is 2. The highest BCUT2D eigenvalue weighted by Crippen LogP contribution is 2.28. The molecule has 2 aromatic heterocycles. The maximum atomic E-state index is 9.66. The van der Waals surface area contributed by atoms with Gasteiger partial charge in [0.25, 0.3) is 0 Å². The molecule has 0 amide bonds. The van der Waals surface area contributed by atoms with Crippen molar-refractivity contribution in [2.75, 3.05) is 11.9 Å². The Morgan fingerprint density at radius 3 is 2.52 bits per heavy atom. The van der Waals surface area contributed by atoms with E-state index in [1.807, 2.05) is 30.5 Å². The summed E-state index contributed by atoms with van der Waals surface area (Å²) in [4.78, 5) is 5.43. The van der Waals surface area contributed by atoms with E-state index in [0.29, 0.717) is 5.02 Å². The maximum absolute atomic E-state index is 9.66. The number of nitrogens with one attached hydrogen (secondary N) is 1. The van der Waals surface area contributed by atoms with Crippen molar-refractivity contribution in [3.63, 3.8) is 0 Å². The third-order valence-corrected chi connectivity index (χ3v) is 5.30. The van der Waals surface area contributed by atoms with Gasteiger partial charge in [0.15, 0.2) is 0 Å². The number of anilines is 1. The molecular weight excluding hydrogens is 332 g/mol. The SMILES string of the molecule is CCC(CC)(CO)Nc1nn2cc(-c3ccc(Cl)cc3)nc2s1. The van der Waals surface area contributed by atoms with Crippen LogP contribution >= 0.6 is 22.9 Å². The summed E-state index contributed by atoms with van der Waals surface area (Å²) in [6.07, 6.45) is 3.56.